The van der Waals surface area contributed by atoms with E-state index in [1.165, 1.54) is 24.1 Å². The first-order valence-corrected chi connectivity index (χ1v) is 7.04. The van der Waals surface area contributed by atoms with Gasteiger partial charge in [0.15, 0.2) is 0 Å². The molecule has 1 aromatic carbocycles. The van der Waals surface area contributed by atoms with Crippen LogP contribution in [-0.4, -0.2) is 13.1 Å². The van der Waals surface area contributed by atoms with E-state index in [9.17, 15) is 0 Å². The standard InChI is InChI=1S/C14H21BrN2/c1-14(2)5-7-17(8-6-14)12-4-3-11(10-16)13(15)9-12/h3-4,9H,5-8,10,16H2,1-2H3. The molecule has 1 aliphatic heterocycles. The van der Waals surface area contributed by atoms with Crippen LogP contribution in [0.4, 0.5) is 5.69 Å². The molecular formula is C14H21BrN2. The maximum Gasteiger partial charge on any atom is 0.0377 e. The number of hydrogen-bond donors (Lipinski definition) is 1. The maximum atomic E-state index is 5.67. The van der Waals surface area contributed by atoms with E-state index in [-0.39, 0.29) is 0 Å². The molecule has 0 saturated carbocycles. The second-order valence-electron chi connectivity index (χ2n) is 5.63. The van der Waals surface area contributed by atoms with Crippen LogP contribution < -0.4 is 10.6 Å². The largest absolute Gasteiger partial charge is 0.371 e. The molecule has 0 unspecified atom stereocenters. The van der Waals surface area contributed by atoms with Gasteiger partial charge in [-0.3, -0.25) is 0 Å². The summed E-state index contributed by atoms with van der Waals surface area (Å²) in [6.45, 7) is 7.62. The van der Waals surface area contributed by atoms with E-state index in [0.29, 0.717) is 12.0 Å². The van der Waals surface area contributed by atoms with Crippen molar-refractivity contribution in [3.05, 3.63) is 28.2 Å². The molecule has 0 aromatic heterocycles. The number of rotatable bonds is 2. The molecule has 0 atom stereocenters. The van der Waals surface area contributed by atoms with Gasteiger partial charge >= 0.3 is 0 Å². The smallest absolute Gasteiger partial charge is 0.0377 e. The van der Waals surface area contributed by atoms with Crippen LogP contribution in [0, 0.1) is 5.41 Å². The number of halogens is 1. The van der Waals surface area contributed by atoms with Crippen LogP contribution in [0.15, 0.2) is 22.7 Å². The summed E-state index contributed by atoms with van der Waals surface area (Å²) in [7, 11) is 0. The number of nitrogens with two attached hydrogens (primary N) is 1. The Bertz CT molecular complexity index is 391. The van der Waals surface area contributed by atoms with E-state index in [0.717, 1.165) is 17.6 Å². The van der Waals surface area contributed by atoms with Crippen molar-refractivity contribution in [2.24, 2.45) is 11.1 Å². The molecule has 0 bridgehead atoms. The van der Waals surface area contributed by atoms with Gasteiger partial charge in [-0.1, -0.05) is 35.8 Å². The predicted molar refractivity (Wildman–Crippen MR) is 77.3 cm³/mol. The highest BCUT2D eigenvalue weighted by atomic mass is 79.9. The predicted octanol–water partition coefficient (Wildman–Crippen LogP) is 3.53. The van der Waals surface area contributed by atoms with Crippen molar-refractivity contribution in [1.82, 2.24) is 0 Å². The van der Waals surface area contributed by atoms with E-state index in [4.69, 9.17) is 5.73 Å². The van der Waals surface area contributed by atoms with E-state index < -0.39 is 0 Å². The third-order valence-corrected chi connectivity index (χ3v) is 4.48. The minimum Gasteiger partial charge on any atom is -0.371 e. The zero-order valence-corrected chi connectivity index (χ0v) is 12.3. The molecule has 94 valence electrons. The Morgan fingerprint density at radius 2 is 1.94 bits per heavy atom. The van der Waals surface area contributed by atoms with Gasteiger partial charge in [-0.2, -0.15) is 0 Å². The monoisotopic (exact) mass is 296 g/mol. The second kappa shape index (κ2) is 4.99. The first-order chi connectivity index (χ1) is 8.02. The highest BCUT2D eigenvalue weighted by molar-refractivity contribution is 9.10. The molecule has 1 aromatic rings. The van der Waals surface area contributed by atoms with Crippen molar-refractivity contribution in [3.8, 4) is 0 Å². The van der Waals surface area contributed by atoms with Crippen molar-refractivity contribution < 1.29 is 0 Å². The zero-order chi connectivity index (χ0) is 12.5. The summed E-state index contributed by atoms with van der Waals surface area (Å²) in [4.78, 5) is 2.47. The maximum absolute atomic E-state index is 5.67. The Morgan fingerprint density at radius 1 is 1.29 bits per heavy atom. The molecule has 1 fully saturated rings. The van der Waals surface area contributed by atoms with E-state index in [1.807, 2.05) is 0 Å². The summed E-state index contributed by atoms with van der Waals surface area (Å²) in [5, 5.41) is 0. The molecule has 2 N–H and O–H groups in total. The lowest BCUT2D eigenvalue weighted by Gasteiger charge is -2.38. The molecule has 1 heterocycles. The average molecular weight is 297 g/mol. The average Bonchev–Trinajstić information content (AvgIpc) is 2.29. The lowest BCUT2D eigenvalue weighted by atomic mass is 9.82. The van der Waals surface area contributed by atoms with Crippen LogP contribution in [0.25, 0.3) is 0 Å². The van der Waals surface area contributed by atoms with Crippen molar-refractivity contribution in [2.75, 3.05) is 18.0 Å². The molecule has 0 radical (unpaired) electrons. The highest BCUT2D eigenvalue weighted by Crippen LogP contribution is 2.33. The number of hydrogen-bond acceptors (Lipinski definition) is 2. The molecule has 0 spiro atoms. The van der Waals surface area contributed by atoms with Crippen LogP contribution in [0.5, 0.6) is 0 Å². The van der Waals surface area contributed by atoms with Gasteiger partial charge in [0.2, 0.25) is 0 Å². The summed E-state index contributed by atoms with van der Waals surface area (Å²) in [6, 6.07) is 6.50. The number of anilines is 1. The summed E-state index contributed by atoms with van der Waals surface area (Å²) in [6.07, 6.45) is 2.53. The number of nitrogens with zero attached hydrogens (tertiary/aromatic N) is 1. The molecule has 1 aliphatic rings. The van der Waals surface area contributed by atoms with Crippen LogP contribution in [-0.2, 0) is 6.54 Å². The Kier molecular flexibility index (Phi) is 3.79. The highest BCUT2D eigenvalue weighted by Gasteiger charge is 2.25. The van der Waals surface area contributed by atoms with Gasteiger partial charge in [0.05, 0.1) is 0 Å². The fraction of sp³-hybridized carbons (Fsp3) is 0.571. The SMILES string of the molecule is CC1(C)CCN(c2ccc(CN)c(Br)c2)CC1. The molecule has 0 aliphatic carbocycles. The Hall–Kier alpha value is -0.540. The van der Waals surface area contributed by atoms with Crippen molar-refractivity contribution in [1.29, 1.82) is 0 Å². The Morgan fingerprint density at radius 3 is 2.47 bits per heavy atom. The van der Waals surface area contributed by atoms with E-state index in [1.54, 1.807) is 0 Å². The summed E-state index contributed by atoms with van der Waals surface area (Å²) >= 11 is 3.59. The molecule has 17 heavy (non-hydrogen) atoms. The van der Waals surface area contributed by atoms with Crippen LogP contribution in [0.3, 0.4) is 0 Å². The third kappa shape index (κ3) is 3.02. The van der Waals surface area contributed by atoms with Crippen LogP contribution in [0.1, 0.15) is 32.3 Å². The Balaban J connectivity index is 2.11. The van der Waals surface area contributed by atoms with Gasteiger partial charge in [-0.15, -0.1) is 0 Å². The van der Waals surface area contributed by atoms with E-state index >= 15 is 0 Å². The molecular weight excluding hydrogens is 276 g/mol. The fourth-order valence-electron chi connectivity index (χ4n) is 2.27. The van der Waals surface area contributed by atoms with Crippen LogP contribution in [0.2, 0.25) is 0 Å². The lowest BCUT2D eigenvalue weighted by Crippen LogP contribution is -2.37. The summed E-state index contributed by atoms with van der Waals surface area (Å²) in [5.74, 6) is 0. The number of benzene rings is 1. The minimum absolute atomic E-state index is 0.505. The van der Waals surface area contributed by atoms with Crippen molar-refractivity contribution in [3.63, 3.8) is 0 Å². The van der Waals surface area contributed by atoms with E-state index in [2.05, 4.69) is 52.9 Å². The number of piperidine rings is 1. The van der Waals surface area contributed by atoms with Gasteiger partial charge in [-0.25, -0.2) is 0 Å². The normalized spacial score (nSPS) is 19.4. The van der Waals surface area contributed by atoms with Gasteiger partial charge in [0, 0.05) is 29.8 Å². The van der Waals surface area contributed by atoms with Gasteiger partial charge in [0.1, 0.15) is 0 Å². The molecule has 3 heteroatoms. The zero-order valence-electron chi connectivity index (χ0n) is 10.7. The van der Waals surface area contributed by atoms with Gasteiger partial charge in [0.25, 0.3) is 0 Å². The van der Waals surface area contributed by atoms with Crippen LogP contribution >= 0.6 is 15.9 Å². The molecule has 2 nitrogen and oxygen atoms in total. The first kappa shape index (κ1) is 12.9. The topological polar surface area (TPSA) is 29.3 Å². The molecule has 2 rings (SSSR count). The minimum atomic E-state index is 0.505. The first-order valence-electron chi connectivity index (χ1n) is 6.25. The van der Waals surface area contributed by atoms with Crippen molar-refractivity contribution in [2.45, 2.75) is 33.2 Å². The quantitative estimate of drug-likeness (QED) is 0.904. The van der Waals surface area contributed by atoms with Gasteiger partial charge < -0.3 is 10.6 Å². The summed E-state index contributed by atoms with van der Waals surface area (Å²) in [5.41, 5.74) is 8.66. The third-order valence-electron chi connectivity index (χ3n) is 3.74. The summed E-state index contributed by atoms with van der Waals surface area (Å²) < 4.78 is 1.13. The van der Waals surface area contributed by atoms with Gasteiger partial charge in [-0.05, 0) is 36.0 Å². The fourth-order valence-corrected chi connectivity index (χ4v) is 2.80. The van der Waals surface area contributed by atoms with Crippen molar-refractivity contribution >= 4 is 21.6 Å². The Labute approximate surface area is 112 Å². The second-order valence-corrected chi connectivity index (χ2v) is 6.49. The molecule has 1 saturated heterocycles. The lowest BCUT2D eigenvalue weighted by molar-refractivity contribution is 0.280. The molecule has 0 amide bonds.